The van der Waals surface area contributed by atoms with Crippen LogP contribution in [0.15, 0.2) is 25.3 Å². The Morgan fingerprint density at radius 1 is 1.25 bits per heavy atom. The number of halogens is 1. The molecular weight excluding hydrogens is 213 g/mol. The molecule has 0 rings (SSSR count). The fourth-order valence-corrected chi connectivity index (χ4v) is 0.912. The topological polar surface area (TPSA) is 3.24 Å². The molecule has 0 fully saturated rings. The van der Waals surface area contributed by atoms with Crippen molar-refractivity contribution in [1.29, 1.82) is 0 Å². The maximum Gasteiger partial charge on any atom is 0.0262 e. The van der Waals surface area contributed by atoms with E-state index >= 15 is 0 Å². The third-order valence-electron chi connectivity index (χ3n) is 0.654. The van der Waals surface area contributed by atoms with E-state index in [0.29, 0.717) is 0 Å². The fourth-order valence-electron chi connectivity index (χ4n) is 0.355. The zero-order chi connectivity index (χ0) is 6.41. The van der Waals surface area contributed by atoms with Crippen LogP contribution in [-0.2, 0) is 0 Å². The van der Waals surface area contributed by atoms with Crippen molar-refractivity contribution in [3.05, 3.63) is 25.3 Å². The summed E-state index contributed by atoms with van der Waals surface area (Å²) in [7, 11) is 0. The minimum Gasteiger partial charge on any atom is -0.240 e. The van der Waals surface area contributed by atoms with Gasteiger partial charge in [-0.05, 0) is 0 Å². The van der Waals surface area contributed by atoms with Gasteiger partial charge in [-0.3, -0.25) is 0 Å². The minimum atomic E-state index is 0.923. The Morgan fingerprint density at radius 3 is 1.88 bits per heavy atom. The zero-order valence-electron chi connectivity index (χ0n) is 4.81. The van der Waals surface area contributed by atoms with E-state index < -0.39 is 0 Å². The van der Waals surface area contributed by atoms with E-state index in [4.69, 9.17) is 0 Å². The van der Waals surface area contributed by atoms with Gasteiger partial charge in [0.05, 0.1) is 0 Å². The summed E-state index contributed by atoms with van der Waals surface area (Å²) >= 11 is 2.23. The lowest BCUT2D eigenvalue weighted by Gasteiger charge is -2.05. The van der Waals surface area contributed by atoms with Gasteiger partial charge in [0.25, 0.3) is 0 Å². The Bertz CT molecular complexity index is 70.6. The van der Waals surface area contributed by atoms with Crippen LogP contribution in [0.2, 0.25) is 0 Å². The van der Waals surface area contributed by atoms with Crippen LogP contribution in [0.3, 0.4) is 0 Å². The van der Waals surface area contributed by atoms with Crippen molar-refractivity contribution in [2.75, 3.05) is 13.1 Å². The van der Waals surface area contributed by atoms with Gasteiger partial charge < -0.3 is 0 Å². The molecule has 0 spiro atoms. The molecule has 2 heteroatoms. The number of nitrogens with zero attached hydrogens (tertiary/aromatic N) is 1. The van der Waals surface area contributed by atoms with E-state index in [1.807, 2.05) is 12.2 Å². The molecule has 0 aliphatic rings. The summed E-state index contributed by atoms with van der Waals surface area (Å²) in [6, 6.07) is 0. The van der Waals surface area contributed by atoms with Crippen molar-refractivity contribution in [3.8, 4) is 0 Å². The van der Waals surface area contributed by atoms with Crippen molar-refractivity contribution in [1.82, 2.24) is 3.11 Å². The van der Waals surface area contributed by atoms with Crippen LogP contribution in [0.4, 0.5) is 0 Å². The Hall–Kier alpha value is 0.170. The molecule has 0 unspecified atom stereocenters. The molecule has 46 valence electrons. The molecule has 0 radical (unpaired) electrons. The van der Waals surface area contributed by atoms with Crippen LogP contribution in [0.1, 0.15) is 0 Å². The third kappa shape index (κ3) is 4.33. The average Bonchev–Trinajstić information content (AvgIpc) is 1.68. The van der Waals surface area contributed by atoms with Gasteiger partial charge in [0.2, 0.25) is 0 Å². The standard InChI is InChI=1S/C6H10IN/c1-3-5-8(7)6-4-2/h3-4H,1-2,5-6H2. The molecule has 0 aromatic rings. The van der Waals surface area contributed by atoms with Crippen molar-refractivity contribution in [2.24, 2.45) is 0 Å². The summed E-state index contributed by atoms with van der Waals surface area (Å²) < 4.78 is 2.09. The van der Waals surface area contributed by atoms with E-state index in [2.05, 4.69) is 39.1 Å². The van der Waals surface area contributed by atoms with Crippen LogP contribution < -0.4 is 0 Å². The smallest absolute Gasteiger partial charge is 0.0262 e. The van der Waals surface area contributed by atoms with E-state index in [-0.39, 0.29) is 0 Å². The van der Waals surface area contributed by atoms with E-state index in [1.165, 1.54) is 0 Å². The van der Waals surface area contributed by atoms with Gasteiger partial charge in [0.15, 0.2) is 0 Å². The largest absolute Gasteiger partial charge is 0.240 e. The van der Waals surface area contributed by atoms with Gasteiger partial charge in [-0.1, -0.05) is 12.2 Å². The molecule has 0 aliphatic carbocycles. The maximum absolute atomic E-state index is 3.60. The second kappa shape index (κ2) is 5.31. The molecule has 0 amide bonds. The highest BCUT2D eigenvalue weighted by atomic mass is 127. The molecule has 0 atom stereocenters. The first-order valence-corrected chi connectivity index (χ1v) is 3.40. The summed E-state index contributed by atoms with van der Waals surface area (Å²) in [5.74, 6) is 0. The summed E-state index contributed by atoms with van der Waals surface area (Å²) in [5.41, 5.74) is 0. The monoisotopic (exact) mass is 223 g/mol. The van der Waals surface area contributed by atoms with Gasteiger partial charge in [-0.25, -0.2) is 3.11 Å². The van der Waals surface area contributed by atoms with E-state index in [1.54, 1.807) is 0 Å². The fraction of sp³-hybridized carbons (Fsp3) is 0.333. The van der Waals surface area contributed by atoms with Crippen LogP contribution in [0, 0.1) is 0 Å². The predicted octanol–water partition coefficient (Wildman–Crippen LogP) is 2.01. The Balaban J connectivity index is 3.16. The minimum absolute atomic E-state index is 0.923. The van der Waals surface area contributed by atoms with Gasteiger partial charge in [0.1, 0.15) is 0 Å². The highest BCUT2D eigenvalue weighted by molar-refractivity contribution is 14.1. The molecule has 0 bridgehead atoms. The van der Waals surface area contributed by atoms with Gasteiger partial charge in [-0.15, -0.1) is 13.2 Å². The second-order valence-corrected chi connectivity index (χ2v) is 2.77. The molecule has 1 nitrogen and oxygen atoms in total. The van der Waals surface area contributed by atoms with Crippen LogP contribution >= 0.6 is 22.9 Å². The summed E-state index contributed by atoms with van der Waals surface area (Å²) in [4.78, 5) is 0. The zero-order valence-corrected chi connectivity index (χ0v) is 6.97. The first-order valence-electron chi connectivity index (χ1n) is 2.43. The Kier molecular flexibility index (Phi) is 5.42. The van der Waals surface area contributed by atoms with Gasteiger partial charge in [-0.2, -0.15) is 0 Å². The highest BCUT2D eigenvalue weighted by Gasteiger charge is 1.88. The Labute approximate surface area is 64.6 Å². The van der Waals surface area contributed by atoms with E-state index in [9.17, 15) is 0 Å². The SMILES string of the molecule is C=CCN(I)CC=C. The molecule has 0 aliphatic heterocycles. The molecule has 0 saturated carbocycles. The average molecular weight is 223 g/mol. The number of hydrogen-bond acceptors (Lipinski definition) is 1. The molecule has 8 heavy (non-hydrogen) atoms. The maximum atomic E-state index is 3.60. The first kappa shape index (κ1) is 8.17. The number of hydrogen-bond donors (Lipinski definition) is 0. The van der Waals surface area contributed by atoms with E-state index in [0.717, 1.165) is 13.1 Å². The summed E-state index contributed by atoms with van der Waals surface area (Å²) in [6.07, 6.45) is 3.74. The van der Waals surface area contributed by atoms with Crippen molar-refractivity contribution in [2.45, 2.75) is 0 Å². The Morgan fingerprint density at radius 2 is 1.62 bits per heavy atom. The molecule has 0 aromatic carbocycles. The highest BCUT2D eigenvalue weighted by Crippen LogP contribution is 1.96. The molecule has 0 heterocycles. The van der Waals surface area contributed by atoms with Crippen LogP contribution in [-0.4, -0.2) is 16.2 Å². The molecule has 0 N–H and O–H groups in total. The van der Waals surface area contributed by atoms with Gasteiger partial charge in [0, 0.05) is 36.0 Å². The lowest BCUT2D eigenvalue weighted by Crippen LogP contribution is -2.09. The number of rotatable bonds is 4. The predicted molar refractivity (Wildman–Crippen MR) is 46.0 cm³/mol. The van der Waals surface area contributed by atoms with Crippen LogP contribution in [0.25, 0.3) is 0 Å². The third-order valence-corrected chi connectivity index (χ3v) is 1.44. The van der Waals surface area contributed by atoms with Gasteiger partial charge >= 0.3 is 0 Å². The molecule has 0 aromatic heterocycles. The second-order valence-electron chi connectivity index (χ2n) is 1.41. The normalized spacial score (nSPS) is 9.25. The lowest BCUT2D eigenvalue weighted by molar-refractivity contribution is 0.627. The van der Waals surface area contributed by atoms with Crippen molar-refractivity contribution >= 4 is 22.9 Å². The van der Waals surface area contributed by atoms with Crippen LogP contribution in [0.5, 0.6) is 0 Å². The molecule has 0 saturated heterocycles. The quantitative estimate of drug-likeness (QED) is 0.400. The summed E-state index contributed by atoms with van der Waals surface area (Å²) in [5, 5.41) is 0. The lowest BCUT2D eigenvalue weighted by atomic mass is 10.5. The molecular formula is C6H10IN. The first-order chi connectivity index (χ1) is 3.81. The van der Waals surface area contributed by atoms with Crippen molar-refractivity contribution < 1.29 is 0 Å². The summed E-state index contributed by atoms with van der Waals surface area (Å²) in [6.45, 7) is 9.05. The van der Waals surface area contributed by atoms with Crippen molar-refractivity contribution in [3.63, 3.8) is 0 Å².